The first-order valence-electron chi connectivity index (χ1n) is 6.48. The van der Waals surface area contributed by atoms with E-state index in [1.165, 1.54) is 11.1 Å². The molecule has 1 aromatic rings. The van der Waals surface area contributed by atoms with Crippen LogP contribution < -0.4 is 10.1 Å². The van der Waals surface area contributed by atoms with E-state index in [1.807, 2.05) is 12.1 Å². The Morgan fingerprint density at radius 2 is 2.11 bits per heavy atom. The number of aryl methyl sites for hydroxylation is 1. The summed E-state index contributed by atoms with van der Waals surface area (Å²) >= 11 is 0. The summed E-state index contributed by atoms with van der Waals surface area (Å²) in [6, 6.07) is 6.69. The lowest BCUT2D eigenvalue weighted by atomic mass is 10.0. The molecule has 0 unspecified atom stereocenters. The third-order valence-electron chi connectivity index (χ3n) is 3.53. The predicted molar refractivity (Wildman–Crippen MR) is 75.1 cm³/mol. The maximum absolute atomic E-state index is 5.31. The van der Waals surface area contributed by atoms with Crippen LogP contribution in [0.25, 0.3) is 0 Å². The van der Waals surface area contributed by atoms with Crippen molar-refractivity contribution in [2.75, 3.05) is 33.3 Å². The highest BCUT2D eigenvalue weighted by Gasteiger charge is 2.19. The van der Waals surface area contributed by atoms with E-state index < -0.39 is 0 Å². The van der Waals surface area contributed by atoms with Gasteiger partial charge in [-0.3, -0.25) is 4.90 Å². The molecule has 1 aliphatic rings. The van der Waals surface area contributed by atoms with Crippen LogP contribution in [0.1, 0.15) is 17.2 Å². The van der Waals surface area contributed by atoms with Gasteiger partial charge >= 0.3 is 0 Å². The van der Waals surface area contributed by atoms with E-state index in [9.17, 15) is 0 Å². The molecular formula is C15H22N2O. The van der Waals surface area contributed by atoms with Crippen molar-refractivity contribution in [3.63, 3.8) is 0 Å². The summed E-state index contributed by atoms with van der Waals surface area (Å²) in [5.74, 6) is 0.946. The van der Waals surface area contributed by atoms with Crippen LogP contribution in [-0.4, -0.2) is 38.2 Å². The third kappa shape index (κ3) is 2.74. The Labute approximate surface area is 109 Å². The largest absolute Gasteiger partial charge is 0.496 e. The summed E-state index contributed by atoms with van der Waals surface area (Å²) in [7, 11) is 1.71. The SMILES string of the molecule is C=C[C@H](c1ccc(OC)c(C)c1)N1CCNCC1. The van der Waals surface area contributed by atoms with Crippen LogP contribution in [0.2, 0.25) is 0 Å². The summed E-state index contributed by atoms with van der Waals surface area (Å²) in [5, 5.41) is 3.38. The molecule has 1 N–H and O–H groups in total. The number of rotatable bonds is 4. The van der Waals surface area contributed by atoms with Crippen molar-refractivity contribution in [2.45, 2.75) is 13.0 Å². The molecule has 3 heteroatoms. The molecule has 18 heavy (non-hydrogen) atoms. The highest BCUT2D eigenvalue weighted by molar-refractivity contribution is 5.38. The van der Waals surface area contributed by atoms with Crippen LogP contribution in [0, 0.1) is 6.92 Å². The first-order chi connectivity index (χ1) is 8.76. The Balaban J connectivity index is 2.21. The van der Waals surface area contributed by atoms with Crippen LogP contribution >= 0.6 is 0 Å². The molecule has 1 atom stereocenters. The predicted octanol–water partition coefficient (Wildman–Crippen LogP) is 2.14. The monoisotopic (exact) mass is 246 g/mol. The fourth-order valence-corrected chi connectivity index (χ4v) is 2.54. The Kier molecular flexibility index (Phi) is 4.39. The molecule has 0 bridgehead atoms. The molecule has 0 radical (unpaired) electrons. The molecule has 1 saturated heterocycles. The number of ether oxygens (including phenoxy) is 1. The average molecular weight is 246 g/mol. The molecule has 98 valence electrons. The van der Waals surface area contributed by atoms with Crippen LogP contribution in [0.3, 0.4) is 0 Å². The Hall–Kier alpha value is -1.32. The van der Waals surface area contributed by atoms with E-state index in [4.69, 9.17) is 4.74 Å². The molecule has 0 spiro atoms. The molecule has 2 rings (SSSR count). The number of piperazine rings is 1. The van der Waals surface area contributed by atoms with Crippen molar-refractivity contribution in [1.82, 2.24) is 10.2 Å². The topological polar surface area (TPSA) is 24.5 Å². The Morgan fingerprint density at radius 1 is 1.39 bits per heavy atom. The summed E-state index contributed by atoms with van der Waals surface area (Å²) in [4.78, 5) is 2.46. The average Bonchev–Trinajstić information content (AvgIpc) is 2.41. The van der Waals surface area contributed by atoms with E-state index in [0.29, 0.717) is 6.04 Å². The second-order valence-corrected chi connectivity index (χ2v) is 4.70. The van der Waals surface area contributed by atoms with Gasteiger partial charge in [-0.1, -0.05) is 18.2 Å². The number of benzene rings is 1. The lowest BCUT2D eigenvalue weighted by Gasteiger charge is -2.33. The minimum absolute atomic E-state index is 0.303. The van der Waals surface area contributed by atoms with Gasteiger partial charge in [0, 0.05) is 26.2 Å². The van der Waals surface area contributed by atoms with Crippen molar-refractivity contribution in [3.8, 4) is 5.75 Å². The van der Waals surface area contributed by atoms with Crippen LogP contribution in [0.4, 0.5) is 0 Å². The van der Waals surface area contributed by atoms with Crippen molar-refractivity contribution in [3.05, 3.63) is 42.0 Å². The molecule has 3 nitrogen and oxygen atoms in total. The lowest BCUT2D eigenvalue weighted by molar-refractivity contribution is 0.203. The fraction of sp³-hybridized carbons (Fsp3) is 0.467. The number of hydrogen-bond donors (Lipinski definition) is 1. The van der Waals surface area contributed by atoms with Crippen molar-refractivity contribution < 1.29 is 4.74 Å². The highest BCUT2D eigenvalue weighted by Crippen LogP contribution is 2.27. The third-order valence-corrected chi connectivity index (χ3v) is 3.53. The van der Waals surface area contributed by atoms with E-state index >= 15 is 0 Å². The van der Waals surface area contributed by atoms with Gasteiger partial charge in [-0.05, 0) is 24.1 Å². The van der Waals surface area contributed by atoms with Gasteiger partial charge in [0.1, 0.15) is 5.75 Å². The highest BCUT2D eigenvalue weighted by atomic mass is 16.5. The van der Waals surface area contributed by atoms with E-state index in [-0.39, 0.29) is 0 Å². The van der Waals surface area contributed by atoms with Gasteiger partial charge in [-0.25, -0.2) is 0 Å². The second-order valence-electron chi connectivity index (χ2n) is 4.70. The molecule has 0 saturated carbocycles. The molecule has 0 aliphatic carbocycles. The Morgan fingerprint density at radius 3 is 2.67 bits per heavy atom. The fourth-order valence-electron chi connectivity index (χ4n) is 2.54. The number of nitrogens with one attached hydrogen (secondary N) is 1. The molecule has 1 aliphatic heterocycles. The smallest absolute Gasteiger partial charge is 0.121 e. The maximum Gasteiger partial charge on any atom is 0.121 e. The second kappa shape index (κ2) is 6.03. The number of nitrogens with zero attached hydrogens (tertiary/aromatic N) is 1. The molecule has 1 aromatic carbocycles. The zero-order chi connectivity index (χ0) is 13.0. The van der Waals surface area contributed by atoms with Crippen molar-refractivity contribution in [1.29, 1.82) is 0 Å². The molecule has 0 amide bonds. The lowest BCUT2D eigenvalue weighted by Crippen LogP contribution is -2.44. The van der Waals surface area contributed by atoms with Gasteiger partial charge in [0.05, 0.1) is 13.2 Å². The molecular weight excluding hydrogens is 224 g/mol. The number of hydrogen-bond acceptors (Lipinski definition) is 3. The first kappa shape index (κ1) is 13.1. The molecule has 1 fully saturated rings. The zero-order valence-corrected chi connectivity index (χ0v) is 11.3. The normalized spacial score (nSPS) is 18.3. The molecule has 0 aromatic heterocycles. The first-order valence-corrected chi connectivity index (χ1v) is 6.48. The van der Waals surface area contributed by atoms with Gasteiger partial charge < -0.3 is 10.1 Å². The van der Waals surface area contributed by atoms with E-state index in [0.717, 1.165) is 31.9 Å². The minimum Gasteiger partial charge on any atom is -0.496 e. The summed E-state index contributed by atoms with van der Waals surface area (Å²) < 4.78 is 5.31. The summed E-state index contributed by atoms with van der Waals surface area (Å²) in [6.07, 6.45) is 2.03. The van der Waals surface area contributed by atoms with Gasteiger partial charge in [-0.15, -0.1) is 6.58 Å². The molecule has 1 heterocycles. The standard InChI is InChI=1S/C15H22N2O/c1-4-14(17-9-7-16-8-10-17)13-5-6-15(18-3)12(2)11-13/h4-6,11,14,16H,1,7-10H2,2-3H3/t14-/m1/s1. The van der Waals surface area contributed by atoms with Gasteiger partial charge in [0.25, 0.3) is 0 Å². The van der Waals surface area contributed by atoms with Gasteiger partial charge in [0.2, 0.25) is 0 Å². The Bertz CT molecular complexity index is 411. The summed E-state index contributed by atoms with van der Waals surface area (Å²) in [5.41, 5.74) is 2.47. The number of methoxy groups -OCH3 is 1. The van der Waals surface area contributed by atoms with Crippen LogP contribution in [0.15, 0.2) is 30.9 Å². The van der Waals surface area contributed by atoms with E-state index in [1.54, 1.807) is 7.11 Å². The quantitative estimate of drug-likeness (QED) is 0.824. The summed E-state index contributed by atoms with van der Waals surface area (Å²) in [6.45, 7) is 10.3. The van der Waals surface area contributed by atoms with Crippen LogP contribution in [0.5, 0.6) is 5.75 Å². The van der Waals surface area contributed by atoms with E-state index in [2.05, 4.69) is 35.9 Å². The van der Waals surface area contributed by atoms with Crippen molar-refractivity contribution >= 4 is 0 Å². The zero-order valence-electron chi connectivity index (χ0n) is 11.3. The minimum atomic E-state index is 0.303. The van der Waals surface area contributed by atoms with Gasteiger partial charge in [0.15, 0.2) is 0 Å². The van der Waals surface area contributed by atoms with Crippen LogP contribution in [-0.2, 0) is 0 Å². The van der Waals surface area contributed by atoms with Gasteiger partial charge in [-0.2, -0.15) is 0 Å². The van der Waals surface area contributed by atoms with Crippen molar-refractivity contribution in [2.24, 2.45) is 0 Å². The maximum atomic E-state index is 5.31.